The second-order valence-electron chi connectivity index (χ2n) is 5.03. The molecule has 0 aromatic carbocycles. The van der Waals surface area contributed by atoms with Gasteiger partial charge >= 0.3 is 5.97 Å². The fraction of sp³-hybridized carbons (Fsp3) is 0.583. The smallest absolute Gasteiger partial charge is 0.309 e. The predicted molar refractivity (Wildman–Crippen MR) is 72.2 cm³/mol. The van der Waals surface area contributed by atoms with Gasteiger partial charge in [0, 0.05) is 13.0 Å². The van der Waals surface area contributed by atoms with E-state index in [9.17, 15) is 4.79 Å². The van der Waals surface area contributed by atoms with Crippen molar-refractivity contribution in [3.05, 3.63) is 16.1 Å². The Balaban J connectivity index is 2.05. The van der Waals surface area contributed by atoms with Gasteiger partial charge in [-0.25, -0.2) is 4.98 Å². The SMILES string of the molecule is Cn1c(C2CCCC2)nn2c(Br)c(CC(=O)O)nc12. The van der Waals surface area contributed by atoms with E-state index < -0.39 is 5.97 Å². The van der Waals surface area contributed by atoms with Crippen molar-refractivity contribution < 1.29 is 9.90 Å². The summed E-state index contributed by atoms with van der Waals surface area (Å²) < 4.78 is 4.32. The van der Waals surface area contributed by atoms with E-state index in [2.05, 4.69) is 26.0 Å². The highest BCUT2D eigenvalue weighted by Crippen LogP contribution is 2.34. The molecule has 1 aliphatic carbocycles. The van der Waals surface area contributed by atoms with E-state index in [-0.39, 0.29) is 6.42 Å². The van der Waals surface area contributed by atoms with Crippen molar-refractivity contribution in [3.63, 3.8) is 0 Å². The fourth-order valence-corrected chi connectivity index (χ4v) is 3.26. The van der Waals surface area contributed by atoms with Crippen LogP contribution in [-0.4, -0.2) is 30.2 Å². The minimum absolute atomic E-state index is 0.0945. The third-order valence-electron chi connectivity index (χ3n) is 3.73. The number of carboxylic acids is 1. The van der Waals surface area contributed by atoms with Crippen LogP contribution in [0.15, 0.2) is 4.60 Å². The van der Waals surface area contributed by atoms with E-state index in [1.807, 2.05) is 11.6 Å². The average molecular weight is 327 g/mol. The Morgan fingerprint density at radius 1 is 1.47 bits per heavy atom. The van der Waals surface area contributed by atoms with Crippen LogP contribution in [0, 0.1) is 0 Å². The van der Waals surface area contributed by atoms with Crippen molar-refractivity contribution in [3.8, 4) is 0 Å². The molecule has 0 atom stereocenters. The maximum atomic E-state index is 10.8. The van der Waals surface area contributed by atoms with Crippen LogP contribution in [-0.2, 0) is 18.3 Å². The number of hydrogen-bond acceptors (Lipinski definition) is 3. The molecule has 3 rings (SSSR count). The number of aromatic nitrogens is 4. The van der Waals surface area contributed by atoms with Gasteiger partial charge in [-0.05, 0) is 28.8 Å². The molecule has 0 amide bonds. The molecule has 6 nitrogen and oxygen atoms in total. The van der Waals surface area contributed by atoms with Crippen molar-refractivity contribution in [2.24, 2.45) is 7.05 Å². The summed E-state index contributed by atoms with van der Waals surface area (Å²) in [7, 11) is 1.94. The second-order valence-corrected chi connectivity index (χ2v) is 5.78. The second kappa shape index (κ2) is 4.63. The molecule has 19 heavy (non-hydrogen) atoms. The van der Waals surface area contributed by atoms with Gasteiger partial charge in [0.15, 0.2) is 0 Å². The molecule has 7 heteroatoms. The van der Waals surface area contributed by atoms with Crippen molar-refractivity contribution in [2.75, 3.05) is 0 Å². The van der Waals surface area contributed by atoms with Gasteiger partial charge < -0.3 is 5.11 Å². The Kier molecular flexibility index (Phi) is 3.08. The van der Waals surface area contributed by atoms with E-state index in [0.717, 1.165) is 5.82 Å². The van der Waals surface area contributed by atoms with E-state index in [1.165, 1.54) is 25.7 Å². The number of carbonyl (C=O) groups is 1. The first-order valence-corrected chi connectivity index (χ1v) is 7.18. The molecule has 2 aromatic rings. The van der Waals surface area contributed by atoms with Gasteiger partial charge in [-0.15, -0.1) is 0 Å². The first-order chi connectivity index (χ1) is 9.08. The van der Waals surface area contributed by atoms with E-state index in [1.54, 1.807) is 4.52 Å². The van der Waals surface area contributed by atoms with Gasteiger partial charge in [0.05, 0.1) is 12.1 Å². The minimum Gasteiger partial charge on any atom is -0.481 e. The van der Waals surface area contributed by atoms with E-state index >= 15 is 0 Å². The normalized spacial score (nSPS) is 16.5. The lowest BCUT2D eigenvalue weighted by Crippen LogP contribution is -2.05. The molecule has 2 heterocycles. The molecule has 1 aliphatic rings. The van der Waals surface area contributed by atoms with Crippen molar-refractivity contribution in [1.29, 1.82) is 0 Å². The number of rotatable bonds is 3. The molecule has 1 fully saturated rings. The third-order valence-corrected chi connectivity index (χ3v) is 4.53. The van der Waals surface area contributed by atoms with E-state index in [4.69, 9.17) is 5.11 Å². The zero-order valence-electron chi connectivity index (χ0n) is 10.6. The lowest BCUT2D eigenvalue weighted by molar-refractivity contribution is -0.136. The maximum Gasteiger partial charge on any atom is 0.309 e. The first-order valence-electron chi connectivity index (χ1n) is 6.39. The van der Waals surface area contributed by atoms with Gasteiger partial charge in [-0.2, -0.15) is 9.61 Å². The van der Waals surface area contributed by atoms with Crippen molar-refractivity contribution >= 4 is 27.7 Å². The van der Waals surface area contributed by atoms with Crippen LogP contribution >= 0.6 is 15.9 Å². The molecule has 1 saturated carbocycles. The Bertz CT molecular complexity index is 640. The Labute approximate surface area is 118 Å². The number of imidazole rings is 1. The molecule has 0 saturated heterocycles. The maximum absolute atomic E-state index is 10.8. The van der Waals surface area contributed by atoms with Crippen LogP contribution in [0.2, 0.25) is 0 Å². The standard InChI is InChI=1S/C12H15BrN4O2/c1-16-11(7-4-2-3-5-7)15-17-10(13)8(6-9(18)19)14-12(16)17/h7H,2-6H2,1H3,(H,18,19). The van der Waals surface area contributed by atoms with Gasteiger partial charge in [0.2, 0.25) is 5.78 Å². The average Bonchev–Trinajstić information content (AvgIpc) is 3.01. The number of aryl methyl sites for hydroxylation is 1. The zero-order valence-corrected chi connectivity index (χ0v) is 12.2. The van der Waals surface area contributed by atoms with Crippen LogP contribution in [0.5, 0.6) is 0 Å². The topological polar surface area (TPSA) is 72.4 Å². The molecule has 1 N–H and O–H groups in total. The Hall–Kier alpha value is -1.37. The van der Waals surface area contributed by atoms with Crippen LogP contribution < -0.4 is 0 Å². The fourth-order valence-electron chi connectivity index (χ4n) is 2.80. The largest absolute Gasteiger partial charge is 0.481 e. The van der Waals surface area contributed by atoms with Crippen LogP contribution in [0.25, 0.3) is 5.78 Å². The van der Waals surface area contributed by atoms with Crippen LogP contribution in [0.4, 0.5) is 0 Å². The molecule has 0 radical (unpaired) electrons. The highest BCUT2D eigenvalue weighted by atomic mass is 79.9. The zero-order chi connectivity index (χ0) is 13.6. The summed E-state index contributed by atoms with van der Waals surface area (Å²) in [4.78, 5) is 15.2. The van der Waals surface area contributed by atoms with Crippen molar-refractivity contribution in [1.82, 2.24) is 19.2 Å². The third kappa shape index (κ3) is 2.05. The number of aliphatic carboxylic acids is 1. The van der Waals surface area contributed by atoms with Gasteiger partial charge in [0.25, 0.3) is 0 Å². The highest BCUT2D eigenvalue weighted by Gasteiger charge is 2.25. The minimum atomic E-state index is -0.889. The summed E-state index contributed by atoms with van der Waals surface area (Å²) in [5.41, 5.74) is 0.517. The highest BCUT2D eigenvalue weighted by molar-refractivity contribution is 9.10. The lowest BCUT2D eigenvalue weighted by atomic mass is 10.1. The summed E-state index contributed by atoms with van der Waals surface area (Å²) in [5, 5.41) is 13.5. The van der Waals surface area contributed by atoms with Crippen LogP contribution in [0.3, 0.4) is 0 Å². The number of fused-ring (bicyclic) bond motifs is 1. The molecular formula is C12H15BrN4O2. The predicted octanol–water partition coefficient (Wildman–Crippen LogP) is 2.11. The van der Waals surface area contributed by atoms with Gasteiger partial charge in [-0.1, -0.05) is 12.8 Å². The Morgan fingerprint density at radius 2 is 2.16 bits per heavy atom. The van der Waals surface area contributed by atoms with Crippen molar-refractivity contribution in [2.45, 2.75) is 38.0 Å². The number of halogens is 1. The summed E-state index contributed by atoms with van der Waals surface area (Å²) in [6.07, 6.45) is 4.76. The Morgan fingerprint density at radius 3 is 2.74 bits per heavy atom. The first kappa shape index (κ1) is 12.7. The summed E-state index contributed by atoms with van der Waals surface area (Å²) in [6, 6.07) is 0. The molecular weight excluding hydrogens is 312 g/mol. The number of nitrogens with zero attached hydrogens (tertiary/aromatic N) is 4. The van der Waals surface area contributed by atoms with Gasteiger partial charge in [-0.3, -0.25) is 9.36 Å². The van der Waals surface area contributed by atoms with E-state index in [0.29, 0.717) is 22.0 Å². The summed E-state index contributed by atoms with van der Waals surface area (Å²) in [6.45, 7) is 0. The quantitative estimate of drug-likeness (QED) is 0.937. The molecule has 2 aromatic heterocycles. The van der Waals surface area contributed by atoms with Gasteiger partial charge in [0.1, 0.15) is 10.4 Å². The number of carboxylic acid groups (broad SMARTS) is 1. The lowest BCUT2D eigenvalue weighted by Gasteiger charge is -2.07. The number of hydrogen-bond donors (Lipinski definition) is 1. The monoisotopic (exact) mass is 326 g/mol. The van der Waals surface area contributed by atoms with Crippen LogP contribution in [0.1, 0.15) is 43.1 Å². The molecule has 0 aliphatic heterocycles. The molecule has 102 valence electrons. The molecule has 0 bridgehead atoms. The molecule has 0 spiro atoms. The summed E-state index contributed by atoms with van der Waals surface area (Å²) in [5.74, 6) is 1.36. The summed E-state index contributed by atoms with van der Waals surface area (Å²) >= 11 is 3.40. The molecule has 0 unspecified atom stereocenters.